The molecule has 1 aromatic carbocycles. The Labute approximate surface area is 97.6 Å². The second-order valence-electron chi connectivity index (χ2n) is 4.43. The number of aryl methyl sites for hydroxylation is 1. The zero-order chi connectivity index (χ0) is 12.1. The molecule has 0 unspecified atom stereocenters. The smallest absolute Gasteiger partial charge is 0.130 e. The molecule has 0 saturated carbocycles. The van der Waals surface area contributed by atoms with Gasteiger partial charge >= 0.3 is 0 Å². The number of hydrogen-bond acceptors (Lipinski definition) is 2. The van der Waals surface area contributed by atoms with E-state index in [9.17, 15) is 4.79 Å². The van der Waals surface area contributed by atoms with Gasteiger partial charge in [-0.2, -0.15) is 0 Å². The van der Waals surface area contributed by atoms with Gasteiger partial charge in [0.25, 0.3) is 0 Å². The maximum Gasteiger partial charge on any atom is 0.130 e. The summed E-state index contributed by atoms with van der Waals surface area (Å²) in [6.07, 6.45) is 1.34. The summed E-state index contributed by atoms with van der Waals surface area (Å²) in [7, 11) is 1.68. The fourth-order valence-electron chi connectivity index (χ4n) is 1.64. The summed E-state index contributed by atoms with van der Waals surface area (Å²) >= 11 is 0. The average molecular weight is 220 g/mol. The lowest BCUT2D eigenvalue weighted by Gasteiger charge is -2.12. The summed E-state index contributed by atoms with van der Waals surface area (Å²) in [5, 5.41) is 0. The molecule has 0 aliphatic carbocycles. The van der Waals surface area contributed by atoms with Crippen LogP contribution in [0.1, 0.15) is 44.2 Å². The van der Waals surface area contributed by atoms with Crippen LogP contribution in [0.2, 0.25) is 0 Å². The van der Waals surface area contributed by atoms with Crippen LogP contribution in [-0.2, 0) is 11.2 Å². The van der Waals surface area contributed by atoms with Crippen molar-refractivity contribution in [2.45, 2.75) is 39.5 Å². The molecule has 0 fully saturated rings. The van der Waals surface area contributed by atoms with Gasteiger partial charge in [0.05, 0.1) is 7.11 Å². The molecule has 0 aliphatic rings. The third-order valence-electron chi connectivity index (χ3n) is 2.72. The van der Waals surface area contributed by atoms with Crippen LogP contribution in [0.15, 0.2) is 18.2 Å². The predicted octanol–water partition coefficient (Wildman–Crippen LogP) is 3.34. The number of ether oxygens (including phenoxy) is 1. The molecule has 1 rings (SSSR count). The fraction of sp³-hybridized carbons (Fsp3) is 0.500. The summed E-state index contributed by atoms with van der Waals surface area (Å²) in [4.78, 5) is 11.0. The van der Waals surface area contributed by atoms with Gasteiger partial charge in [0.1, 0.15) is 11.5 Å². The Morgan fingerprint density at radius 2 is 2.06 bits per heavy atom. The average Bonchev–Trinajstić information content (AvgIpc) is 2.25. The van der Waals surface area contributed by atoms with Gasteiger partial charge in [-0.1, -0.05) is 26.0 Å². The number of rotatable bonds is 5. The zero-order valence-corrected chi connectivity index (χ0v) is 10.5. The van der Waals surface area contributed by atoms with Crippen molar-refractivity contribution in [3.8, 4) is 5.75 Å². The van der Waals surface area contributed by atoms with E-state index in [1.165, 1.54) is 5.56 Å². The number of hydrogen-bond donors (Lipinski definition) is 0. The van der Waals surface area contributed by atoms with Crippen molar-refractivity contribution < 1.29 is 9.53 Å². The highest BCUT2D eigenvalue weighted by Crippen LogP contribution is 2.25. The van der Waals surface area contributed by atoms with E-state index in [0.717, 1.165) is 17.7 Å². The minimum absolute atomic E-state index is 0.218. The molecule has 2 heteroatoms. The van der Waals surface area contributed by atoms with E-state index in [0.29, 0.717) is 12.3 Å². The topological polar surface area (TPSA) is 26.3 Å². The van der Waals surface area contributed by atoms with Gasteiger partial charge in [0, 0.05) is 6.42 Å². The third-order valence-corrected chi connectivity index (χ3v) is 2.72. The van der Waals surface area contributed by atoms with Crippen LogP contribution in [0.25, 0.3) is 0 Å². The Morgan fingerprint density at radius 1 is 1.38 bits per heavy atom. The molecule has 0 heterocycles. The Hall–Kier alpha value is -1.31. The summed E-state index contributed by atoms with van der Waals surface area (Å²) < 4.78 is 5.36. The van der Waals surface area contributed by atoms with Crippen LogP contribution in [0, 0.1) is 0 Å². The van der Waals surface area contributed by atoms with Gasteiger partial charge in [-0.05, 0) is 36.5 Å². The minimum Gasteiger partial charge on any atom is -0.496 e. The van der Waals surface area contributed by atoms with Gasteiger partial charge in [0.2, 0.25) is 0 Å². The lowest BCUT2D eigenvalue weighted by molar-refractivity contribution is -0.116. The van der Waals surface area contributed by atoms with Crippen molar-refractivity contribution in [2.24, 2.45) is 0 Å². The maximum atomic E-state index is 11.0. The number of carbonyl (C=O) groups is 1. The standard InChI is InChI=1S/C14H20O2/c1-10(2)13-8-7-12(6-5-11(3)15)14(9-13)16-4/h7-10H,5-6H2,1-4H3. The van der Waals surface area contributed by atoms with Crippen LogP contribution < -0.4 is 4.74 Å². The van der Waals surface area contributed by atoms with E-state index in [4.69, 9.17) is 4.74 Å². The summed E-state index contributed by atoms with van der Waals surface area (Å²) in [6, 6.07) is 6.25. The molecule has 0 aromatic heterocycles. The second kappa shape index (κ2) is 5.69. The zero-order valence-electron chi connectivity index (χ0n) is 10.5. The lowest BCUT2D eigenvalue weighted by atomic mass is 9.99. The Kier molecular flexibility index (Phi) is 4.53. The monoisotopic (exact) mass is 220 g/mol. The number of methoxy groups -OCH3 is 1. The van der Waals surface area contributed by atoms with E-state index >= 15 is 0 Å². The van der Waals surface area contributed by atoms with Crippen LogP contribution in [-0.4, -0.2) is 12.9 Å². The van der Waals surface area contributed by atoms with Gasteiger partial charge in [-0.3, -0.25) is 0 Å². The van der Waals surface area contributed by atoms with Gasteiger partial charge in [-0.15, -0.1) is 0 Å². The summed E-state index contributed by atoms with van der Waals surface area (Å²) in [6.45, 7) is 5.93. The molecule has 0 spiro atoms. The maximum absolute atomic E-state index is 11.0. The van der Waals surface area contributed by atoms with Crippen LogP contribution in [0.5, 0.6) is 5.75 Å². The van der Waals surface area contributed by atoms with E-state index in [2.05, 4.69) is 32.0 Å². The van der Waals surface area contributed by atoms with Crippen molar-refractivity contribution in [3.05, 3.63) is 29.3 Å². The van der Waals surface area contributed by atoms with Crippen molar-refractivity contribution in [3.63, 3.8) is 0 Å². The Bertz CT molecular complexity index is 367. The van der Waals surface area contributed by atoms with Crippen molar-refractivity contribution in [1.82, 2.24) is 0 Å². The summed E-state index contributed by atoms with van der Waals surface area (Å²) in [5.41, 5.74) is 2.38. The van der Waals surface area contributed by atoms with Crippen molar-refractivity contribution in [1.29, 1.82) is 0 Å². The van der Waals surface area contributed by atoms with E-state index in [1.54, 1.807) is 14.0 Å². The molecule has 1 aromatic rings. The first-order valence-corrected chi connectivity index (χ1v) is 5.71. The first kappa shape index (κ1) is 12.8. The highest BCUT2D eigenvalue weighted by Gasteiger charge is 2.07. The number of Topliss-reactive ketones (excluding diaryl/α,β-unsaturated/α-hetero) is 1. The lowest BCUT2D eigenvalue weighted by Crippen LogP contribution is -1.98. The molecule has 2 nitrogen and oxygen atoms in total. The molecule has 16 heavy (non-hydrogen) atoms. The number of benzene rings is 1. The third kappa shape index (κ3) is 3.37. The van der Waals surface area contributed by atoms with E-state index < -0.39 is 0 Å². The highest BCUT2D eigenvalue weighted by atomic mass is 16.5. The number of ketones is 1. The first-order valence-electron chi connectivity index (χ1n) is 5.71. The minimum atomic E-state index is 0.218. The van der Waals surface area contributed by atoms with Crippen LogP contribution in [0.4, 0.5) is 0 Å². The molecular formula is C14H20O2. The Balaban J connectivity index is 2.88. The van der Waals surface area contributed by atoms with Crippen LogP contribution in [0.3, 0.4) is 0 Å². The molecular weight excluding hydrogens is 200 g/mol. The SMILES string of the molecule is COc1cc(C(C)C)ccc1CCC(C)=O. The van der Waals surface area contributed by atoms with Crippen molar-refractivity contribution >= 4 is 5.78 Å². The molecule has 88 valence electrons. The normalized spacial score (nSPS) is 10.6. The quantitative estimate of drug-likeness (QED) is 0.760. The molecule has 0 amide bonds. The van der Waals surface area contributed by atoms with E-state index in [-0.39, 0.29) is 5.78 Å². The molecule has 0 atom stereocenters. The fourth-order valence-corrected chi connectivity index (χ4v) is 1.64. The molecule has 0 N–H and O–H groups in total. The molecule has 0 saturated heterocycles. The first-order chi connectivity index (χ1) is 7.54. The van der Waals surface area contributed by atoms with Gasteiger partial charge in [0.15, 0.2) is 0 Å². The molecule has 0 aliphatic heterocycles. The van der Waals surface area contributed by atoms with Gasteiger partial charge < -0.3 is 9.53 Å². The highest BCUT2D eigenvalue weighted by molar-refractivity contribution is 5.75. The van der Waals surface area contributed by atoms with E-state index in [1.807, 2.05) is 0 Å². The summed E-state index contributed by atoms with van der Waals surface area (Å²) in [5.74, 6) is 1.61. The van der Waals surface area contributed by atoms with Gasteiger partial charge in [-0.25, -0.2) is 0 Å². The molecule has 0 bridgehead atoms. The predicted molar refractivity (Wildman–Crippen MR) is 66.1 cm³/mol. The molecule has 0 radical (unpaired) electrons. The van der Waals surface area contributed by atoms with Crippen LogP contribution >= 0.6 is 0 Å². The van der Waals surface area contributed by atoms with Crippen molar-refractivity contribution in [2.75, 3.05) is 7.11 Å². The largest absolute Gasteiger partial charge is 0.496 e. The Morgan fingerprint density at radius 3 is 2.56 bits per heavy atom. The number of carbonyl (C=O) groups excluding carboxylic acids is 1. The second-order valence-corrected chi connectivity index (χ2v) is 4.43.